The SMILES string of the molecule is COC(C)COC(C)COC(C)CO.[SiH3]O[SiH2]O[SiH3]. The van der Waals surface area contributed by atoms with Gasteiger partial charge in [-0.2, -0.15) is 0 Å². The Labute approximate surface area is 125 Å². The first-order chi connectivity index (χ1) is 9.01. The highest BCUT2D eigenvalue weighted by molar-refractivity contribution is 6.33. The van der Waals surface area contributed by atoms with E-state index in [1.54, 1.807) is 7.11 Å². The summed E-state index contributed by atoms with van der Waals surface area (Å²) in [5, 5.41) is 8.72. The van der Waals surface area contributed by atoms with E-state index in [9.17, 15) is 0 Å². The van der Waals surface area contributed by atoms with Crippen molar-refractivity contribution in [1.82, 2.24) is 0 Å². The molecule has 0 spiro atoms. The summed E-state index contributed by atoms with van der Waals surface area (Å²) in [7, 11) is 2.93. The third-order valence-corrected chi connectivity index (χ3v) is 4.01. The Morgan fingerprint density at radius 3 is 1.79 bits per heavy atom. The number of hydrogen-bond donors (Lipinski definition) is 1. The lowest BCUT2D eigenvalue weighted by molar-refractivity contribution is -0.0677. The summed E-state index contributed by atoms with van der Waals surface area (Å²) in [6, 6.07) is 0. The van der Waals surface area contributed by atoms with E-state index in [2.05, 4.69) is 0 Å². The van der Waals surface area contributed by atoms with Crippen LogP contribution in [-0.2, 0) is 22.4 Å². The van der Waals surface area contributed by atoms with E-state index < -0.39 is 10.0 Å². The van der Waals surface area contributed by atoms with Gasteiger partial charge in [-0.1, -0.05) is 0 Å². The molecule has 0 saturated carbocycles. The van der Waals surface area contributed by atoms with Crippen LogP contribution in [0.1, 0.15) is 20.8 Å². The maximum atomic E-state index is 8.72. The van der Waals surface area contributed by atoms with Crippen LogP contribution in [-0.4, -0.2) is 81.3 Å². The first-order valence-corrected chi connectivity index (χ1v) is 9.15. The number of hydrogen-bond acceptors (Lipinski definition) is 6. The molecule has 3 atom stereocenters. The molecule has 0 radical (unpaired) electrons. The molecule has 0 fully saturated rings. The highest BCUT2D eigenvalue weighted by atomic mass is 28.3. The Bertz CT molecular complexity index is 161. The summed E-state index contributed by atoms with van der Waals surface area (Å²) in [6.45, 7) is 6.81. The van der Waals surface area contributed by atoms with Crippen LogP contribution in [0.5, 0.6) is 0 Å². The normalized spacial score (nSPS) is 16.3. The van der Waals surface area contributed by atoms with Gasteiger partial charge in [0.25, 0.3) is 10.0 Å². The van der Waals surface area contributed by atoms with Crippen molar-refractivity contribution in [3.8, 4) is 0 Å². The van der Waals surface area contributed by atoms with E-state index in [0.29, 0.717) is 13.2 Å². The molecule has 0 aliphatic carbocycles. The van der Waals surface area contributed by atoms with Gasteiger partial charge in [-0.05, 0) is 20.8 Å². The predicted octanol–water partition coefficient (Wildman–Crippen LogP) is -2.60. The Kier molecular flexibility index (Phi) is 18.8. The molecular formula is C10H30O6Si3. The summed E-state index contributed by atoms with van der Waals surface area (Å²) >= 11 is 0. The average molecular weight is 331 g/mol. The molecule has 19 heavy (non-hydrogen) atoms. The fourth-order valence-electron chi connectivity index (χ4n) is 0.886. The van der Waals surface area contributed by atoms with E-state index in [0.717, 1.165) is 21.0 Å². The first kappa shape index (κ1) is 21.7. The minimum atomic E-state index is -0.444. The molecular weight excluding hydrogens is 300 g/mol. The molecule has 6 nitrogen and oxygen atoms in total. The monoisotopic (exact) mass is 330 g/mol. The fourth-order valence-corrected chi connectivity index (χ4v) is 3.95. The second-order valence-corrected chi connectivity index (χ2v) is 9.07. The molecule has 0 saturated heterocycles. The third kappa shape index (κ3) is 18.4. The van der Waals surface area contributed by atoms with Crippen LogP contribution in [0, 0.1) is 0 Å². The van der Waals surface area contributed by atoms with Crippen molar-refractivity contribution in [2.24, 2.45) is 0 Å². The lowest BCUT2D eigenvalue weighted by atomic mass is 10.4. The Hall–Kier alpha value is 0.411. The summed E-state index contributed by atoms with van der Waals surface area (Å²) in [5.41, 5.74) is 0. The van der Waals surface area contributed by atoms with E-state index in [1.165, 1.54) is 0 Å². The molecule has 9 heteroatoms. The van der Waals surface area contributed by atoms with Gasteiger partial charge in [0, 0.05) is 7.11 Å². The van der Waals surface area contributed by atoms with Crippen molar-refractivity contribution >= 4 is 31.0 Å². The van der Waals surface area contributed by atoms with Gasteiger partial charge in [-0.25, -0.2) is 0 Å². The molecule has 0 aromatic carbocycles. The fraction of sp³-hybridized carbons (Fsp3) is 1.00. The van der Waals surface area contributed by atoms with Crippen LogP contribution >= 0.6 is 0 Å². The minimum absolute atomic E-state index is 0.0293. The van der Waals surface area contributed by atoms with Crippen LogP contribution in [0.25, 0.3) is 0 Å². The number of rotatable bonds is 10. The Morgan fingerprint density at radius 2 is 1.42 bits per heavy atom. The molecule has 0 aliphatic heterocycles. The largest absolute Gasteiger partial charge is 0.449 e. The highest BCUT2D eigenvalue weighted by Crippen LogP contribution is 1.98. The zero-order valence-corrected chi connectivity index (χ0v) is 18.5. The van der Waals surface area contributed by atoms with Gasteiger partial charge in [-0.15, -0.1) is 0 Å². The summed E-state index contributed by atoms with van der Waals surface area (Å²) in [5.74, 6) is 0. The van der Waals surface area contributed by atoms with Crippen LogP contribution in [0.3, 0.4) is 0 Å². The zero-order valence-electron chi connectivity index (χ0n) is 13.0. The molecule has 1 N–H and O–H groups in total. The summed E-state index contributed by atoms with van der Waals surface area (Å²) in [4.78, 5) is 0. The van der Waals surface area contributed by atoms with E-state index in [-0.39, 0.29) is 24.9 Å². The van der Waals surface area contributed by atoms with Crippen molar-refractivity contribution in [3.05, 3.63) is 0 Å². The lowest BCUT2D eigenvalue weighted by Gasteiger charge is -2.18. The highest BCUT2D eigenvalue weighted by Gasteiger charge is 2.07. The molecule has 0 aromatic heterocycles. The van der Waals surface area contributed by atoms with Crippen molar-refractivity contribution in [3.63, 3.8) is 0 Å². The Balaban J connectivity index is 0. The maximum Gasteiger partial charge on any atom is 0.282 e. The van der Waals surface area contributed by atoms with E-state index in [4.69, 9.17) is 27.5 Å². The van der Waals surface area contributed by atoms with Crippen LogP contribution in [0.15, 0.2) is 0 Å². The minimum Gasteiger partial charge on any atom is -0.449 e. The van der Waals surface area contributed by atoms with Gasteiger partial charge in [0.15, 0.2) is 0 Å². The second kappa shape index (κ2) is 16.5. The molecule has 118 valence electrons. The van der Waals surface area contributed by atoms with Gasteiger partial charge in [0.1, 0.15) is 21.0 Å². The molecule has 0 aliphatic rings. The van der Waals surface area contributed by atoms with Crippen molar-refractivity contribution in [1.29, 1.82) is 0 Å². The first-order valence-electron chi connectivity index (χ1n) is 6.36. The number of aliphatic hydroxyl groups is 1. The maximum absolute atomic E-state index is 8.72. The van der Waals surface area contributed by atoms with Gasteiger partial charge in [0.05, 0.1) is 38.1 Å². The lowest BCUT2D eigenvalue weighted by Crippen LogP contribution is -2.25. The smallest absolute Gasteiger partial charge is 0.282 e. The van der Waals surface area contributed by atoms with Crippen LogP contribution in [0.2, 0.25) is 0 Å². The number of aliphatic hydroxyl groups excluding tert-OH is 1. The zero-order chi connectivity index (χ0) is 15.1. The molecule has 0 rings (SSSR count). The van der Waals surface area contributed by atoms with Gasteiger partial charge >= 0.3 is 0 Å². The topological polar surface area (TPSA) is 66.4 Å². The second-order valence-electron chi connectivity index (χ2n) is 4.21. The van der Waals surface area contributed by atoms with Gasteiger partial charge < -0.3 is 27.5 Å². The van der Waals surface area contributed by atoms with E-state index in [1.807, 2.05) is 20.8 Å². The third-order valence-electron chi connectivity index (χ3n) is 2.13. The number of ether oxygens (including phenoxy) is 3. The van der Waals surface area contributed by atoms with Crippen molar-refractivity contribution < 1.29 is 27.5 Å². The quantitative estimate of drug-likeness (QED) is 0.443. The number of methoxy groups -OCH3 is 1. The van der Waals surface area contributed by atoms with Crippen LogP contribution < -0.4 is 0 Å². The molecule has 0 bridgehead atoms. The molecule has 0 heterocycles. The van der Waals surface area contributed by atoms with Crippen LogP contribution in [0.4, 0.5) is 0 Å². The van der Waals surface area contributed by atoms with Crippen molar-refractivity contribution in [2.75, 3.05) is 26.9 Å². The van der Waals surface area contributed by atoms with Gasteiger partial charge in [0.2, 0.25) is 0 Å². The standard InChI is InChI=1S/C10H22O4.H8O2Si3/c1-8(5-11)13-7-10(3)14-6-9(2)12-4;3-1-5-2-4/h8-11H,5-7H2,1-4H3;5H2,3-4H3. The summed E-state index contributed by atoms with van der Waals surface area (Å²) in [6.07, 6.45) is 0.00946. The molecule has 0 amide bonds. The summed E-state index contributed by atoms with van der Waals surface area (Å²) < 4.78 is 25.4. The molecule has 0 aromatic rings. The van der Waals surface area contributed by atoms with Crippen molar-refractivity contribution in [2.45, 2.75) is 39.1 Å². The van der Waals surface area contributed by atoms with E-state index >= 15 is 0 Å². The molecule has 3 unspecified atom stereocenters. The predicted molar refractivity (Wildman–Crippen MR) is 85.0 cm³/mol. The average Bonchev–Trinajstić information content (AvgIpc) is 2.43. The Morgan fingerprint density at radius 1 is 0.947 bits per heavy atom. The van der Waals surface area contributed by atoms with Gasteiger partial charge in [-0.3, -0.25) is 0 Å².